The van der Waals surface area contributed by atoms with Crippen molar-refractivity contribution < 1.29 is 5.11 Å². The van der Waals surface area contributed by atoms with Crippen molar-refractivity contribution in [2.75, 3.05) is 0 Å². The van der Waals surface area contributed by atoms with E-state index in [9.17, 15) is 5.11 Å². The van der Waals surface area contributed by atoms with Crippen molar-refractivity contribution >= 4 is 31.9 Å². The lowest BCUT2D eigenvalue weighted by molar-refractivity contribution is 0.0595. The lowest BCUT2D eigenvalue weighted by atomic mass is 9.85. The zero-order valence-electron chi connectivity index (χ0n) is 16.3. The summed E-state index contributed by atoms with van der Waals surface area (Å²) in [6.45, 7) is 2.26. The van der Waals surface area contributed by atoms with E-state index in [0.29, 0.717) is 0 Å². The van der Waals surface area contributed by atoms with Crippen molar-refractivity contribution in [3.63, 3.8) is 0 Å². The molecule has 0 amide bonds. The summed E-state index contributed by atoms with van der Waals surface area (Å²) in [5, 5.41) is 13.2. The molecule has 0 saturated heterocycles. The first-order valence-corrected chi connectivity index (χ1v) is 11.9. The molecule has 1 radical (unpaired) electrons. The zero-order valence-corrected chi connectivity index (χ0v) is 19.5. The van der Waals surface area contributed by atoms with E-state index in [-0.39, 0.29) is 5.92 Å². The van der Waals surface area contributed by atoms with E-state index in [0.717, 1.165) is 32.9 Å². The quantitative estimate of drug-likeness (QED) is 0.262. The van der Waals surface area contributed by atoms with Crippen molar-refractivity contribution in [3.8, 4) is 0 Å². The summed E-state index contributed by atoms with van der Waals surface area (Å²) < 4.78 is 2.07. The smallest absolute Gasteiger partial charge is 0.125 e. The Morgan fingerprint density at radius 1 is 0.667 bits per heavy atom. The highest BCUT2D eigenvalue weighted by Crippen LogP contribution is 2.36. The fourth-order valence-corrected chi connectivity index (χ4v) is 4.11. The minimum atomic E-state index is -0.719. The van der Waals surface area contributed by atoms with E-state index in [4.69, 9.17) is 0 Å². The Balaban J connectivity index is 1.94. The van der Waals surface area contributed by atoms with E-state index in [1.54, 1.807) is 0 Å². The summed E-state index contributed by atoms with van der Waals surface area (Å²) in [5.74, 6) is 0.0272. The highest BCUT2D eigenvalue weighted by atomic mass is 79.9. The van der Waals surface area contributed by atoms with E-state index in [1.807, 2.05) is 36.4 Å². The maximum absolute atomic E-state index is 13.2. The van der Waals surface area contributed by atoms with Crippen LogP contribution >= 0.6 is 31.9 Å². The molecule has 0 bridgehead atoms. The summed E-state index contributed by atoms with van der Waals surface area (Å²) in [5.41, 5.74) is 2.04. The van der Waals surface area contributed by atoms with Crippen LogP contribution in [0.3, 0.4) is 0 Å². The Morgan fingerprint density at radius 2 is 1.11 bits per heavy atom. The summed E-state index contributed by atoms with van der Waals surface area (Å²) in [6.07, 6.45) is 10.6. The van der Waals surface area contributed by atoms with Gasteiger partial charge in [0.2, 0.25) is 0 Å². The minimum Gasteiger partial charge on any atom is -0.227 e. The van der Waals surface area contributed by atoms with Gasteiger partial charge >= 0.3 is 0 Å². The van der Waals surface area contributed by atoms with Crippen LogP contribution in [0.25, 0.3) is 0 Å². The molecule has 0 aromatic heterocycles. The third-order valence-electron chi connectivity index (χ3n) is 5.23. The standard InChI is InChI=1S/C24H31Br2O/c1-2-3-4-5-6-7-8-9-10-23(19-11-15-21(25)16-12-19)24(27)20-13-17-22(26)18-14-20/h11-18,23-24H,2-10H2,1H3. The van der Waals surface area contributed by atoms with E-state index in [2.05, 4.69) is 50.9 Å². The first-order valence-electron chi connectivity index (χ1n) is 10.3. The second-order valence-corrected chi connectivity index (χ2v) is 9.23. The van der Waals surface area contributed by atoms with Crippen molar-refractivity contribution in [3.05, 3.63) is 68.6 Å². The van der Waals surface area contributed by atoms with E-state index in [1.165, 1.54) is 44.9 Å². The Morgan fingerprint density at radius 3 is 1.63 bits per heavy atom. The molecule has 2 rings (SSSR count). The first kappa shape index (κ1) is 22.6. The lowest BCUT2D eigenvalue weighted by Gasteiger charge is -2.22. The van der Waals surface area contributed by atoms with E-state index >= 15 is 0 Å². The van der Waals surface area contributed by atoms with Crippen LogP contribution in [-0.2, 0) is 5.11 Å². The number of rotatable bonds is 12. The van der Waals surface area contributed by atoms with Gasteiger partial charge in [-0.25, -0.2) is 5.11 Å². The predicted octanol–water partition coefficient (Wildman–Crippen LogP) is 9.00. The van der Waals surface area contributed by atoms with Gasteiger partial charge in [0.25, 0.3) is 0 Å². The molecular formula is C24H31Br2O. The first-order chi connectivity index (χ1) is 13.1. The fraction of sp³-hybridized carbons (Fsp3) is 0.500. The van der Waals surface area contributed by atoms with Crippen LogP contribution in [0, 0.1) is 0 Å². The average molecular weight is 495 g/mol. The molecule has 3 heteroatoms. The van der Waals surface area contributed by atoms with Crippen molar-refractivity contribution in [1.82, 2.24) is 0 Å². The average Bonchev–Trinajstić information content (AvgIpc) is 2.68. The molecule has 0 aliphatic rings. The van der Waals surface area contributed by atoms with Gasteiger partial charge in [-0.3, -0.25) is 0 Å². The molecule has 0 heterocycles. The molecule has 2 atom stereocenters. The third-order valence-corrected chi connectivity index (χ3v) is 6.29. The molecule has 0 saturated carbocycles. The molecular weight excluding hydrogens is 464 g/mol. The third kappa shape index (κ3) is 8.09. The molecule has 0 N–H and O–H groups in total. The van der Waals surface area contributed by atoms with E-state index < -0.39 is 6.10 Å². The summed E-state index contributed by atoms with van der Waals surface area (Å²) in [4.78, 5) is 0. The molecule has 0 fully saturated rings. The largest absolute Gasteiger partial charge is 0.227 e. The van der Waals surface area contributed by atoms with Gasteiger partial charge in [-0.15, -0.1) is 0 Å². The summed E-state index contributed by atoms with van der Waals surface area (Å²) in [6, 6.07) is 16.1. The van der Waals surface area contributed by atoms with Crippen molar-refractivity contribution in [2.45, 2.75) is 76.7 Å². The van der Waals surface area contributed by atoms with Gasteiger partial charge in [-0.1, -0.05) is 114 Å². The Hall–Kier alpha value is -0.640. The SMILES string of the molecule is CCCCCCCCCCC(c1ccc(Br)cc1)C([O])c1ccc(Br)cc1. The molecule has 147 valence electrons. The second-order valence-electron chi connectivity index (χ2n) is 7.39. The normalized spacial score (nSPS) is 13.5. The monoisotopic (exact) mass is 493 g/mol. The Kier molecular flexibility index (Phi) is 10.7. The molecule has 2 aromatic carbocycles. The Bertz CT molecular complexity index is 636. The molecule has 1 nitrogen and oxygen atoms in total. The van der Waals surface area contributed by atoms with Crippen LogP contribution in [0.5, 0.6) is 0 Å². The van der Waals surface area contributed by atoms with Gasteiger partial charge in [0, 0.05) is 14.9 Å². The topological polar surface area (TPSA) is 19.9 Å². The number of benzene rings is 2. The zero-order chi connectivity index (χ0) is 19.5. The van der Waals surface area contributed by atoms with Crippen LogP contribution in [0.15, 0.2) is 57.5 Å². The molecule has 0 spiro atoms. The van der Waals surface area contributed by atoms with Gasteiger partial charge in [0.05, 0.1) is 0 Å². The van der Waals surface area contributed by atoms with Crippen LogP contribution in [0.4, 0.5) is 0 Å². The number of halogens is 2. The predicted molar refractivity (Wildman–Crippen MR) is 122 cm³/mol. The Labute approximate surface area is 181 Å². The maximum atomic E-state index is 13.2. The molecule has 2 unspecified atom stereocenters. The fourth-order valence-electron chi connectivity index (χ4n) is 3.59. The highest BCUT2D eigenvalue weighted by Gasteiger charge is 2.24. The minimum absolute atomic E-state index is 0.0272. The van der Waals surface area contributed by atoms with Crippen LogP contribution in [-0.4, -0.2) is 0 Å². The summed E-state index contributed by atoms with van der Waals surface area (Å²) >= 11 is 6.96. The summed E-state index contributed by atoms with van der Waals surface area (Å²) in [7, 11) is 0. The molecule has 0 aliphatic carbocycles. The highest BCUT2D eigenvalue weighted by molar-refractivity contribution is 9.10. The number of unbranched alkanes of at least 4 members (excludes halogenated alkanes) is 7. The number of hydrogen-bond donors (Lipinski definition) is 0. The van der Waals surface area contributed by atoms with Crippen molar-refractivity contribution in [1.29, 1.82) is 0 Å². The number of hydrogen-bond acceptors (Lipinski definition) is 0. The van der Waals surface area contributed by atoms with Gasteiger partial charge in [-0.2, -0.15) is 0 Å². The van der Waals surface area contributed by atoms with Gasteiger partial charge < -0.3 is 0 Å². The van der Waals surface area contributed by atoms with Gasteiger partial charge in [0.15, 0.2) is 0 Å². The van der Waals surface area contributed by atoms with Crippen molar-refractivity contribution in [2.24, 2.45) is 0 Å². The van der Waals surface area contributed by atoms with Gasteiger partial charge in [0.1, 0.15) is 6.10 Å². The molecule has 27 heavy (non-hydrogen) atoms. The maximum Gasteiger partial charge on any atom is 0.125 e. The van der Waals surface area contributed by atoms with Gasteiger partial charge in [-0.05, 0) is 41.8 Å². The van der Waals surface area contributed by atoms with Crippen LogP contribution in [0.2, 0.25) is 0 Å². The van der Waals surface area contributed by atoms with Crippen LogP contribution < -0.4 is 0 Å². The molecule has 2 aromatic rings. The molecule has 0 aliphatic heterocycles. The second kappa shape index (κ2) is 12.7. The van der Waals surface area contributed by atoms with Crippen LogP contribution in [0.1, 0.15) is 87.9 Å². The lowest BCUT2D eigenvalue weighted by Crippen LogP contribution is -2.10.